The lowest BCUT2D eigenvalue weighted by Gasteiger charge is -2.28. The van der Waals surface area contributed by atoms with Crippen molar-refractivity contribution < 1.29 is 18.3 Å². The molecule has 2 aromatic heterocycles. The number of pyridine rings is 1. The molecule has 30 heavy (non-hydrogen) atoms. The molecule has 0 unspecified atom stereocenters. The van der Waals surface area contributed by atoms with Gasteiger partial charge in [-0.3, -0.25) is 14.1 Å². The number of nitrogens with zero attached hydrogens (tertiary/aromatic N) is 4. The Morgan fingerprint density at radius 1 is 1.20 bits per heavy atom. The lowest BCUT2D eigenvalue weighted by molar-refractivity contribution is 0.0937. The Morgan fingerprint density at radius 3 is 2.73 bits per heavy atom. The van der Waals surface area contributed by atoms with Crippen LogP contribution in [0.5, 0.6) is 5.75 Å². The van der Waals surface area contributed by atoms with E-state index < -0.39 is 12.2 Å². The van der Waals surface area contributed by atoms with Crippen molar-refractivity contribution in [1.29, 1.82) is 0 Å². The molecule has 1 fully saturated rings. The van der Waals surface area contributed by atoms with Crippen LogP contribution in [-0.4, -0.2) is 52.1 Å². The number of ether oxygens (including phenoxy) is 1. The van der Waals surface area contributed by atoms with E-state index in [9.17, 15) is 13.6 Å². The number of likely N-dealkylation sites (tertiary alicyclic amines) is 1. The molecular weight excluding hydrogens is 392 g/mol. The summed E-state index contributed by atoms with van der Waals surface area (Å²) in [5.74, 6) is -0.0514. The smallest absolute Gasteiger partial charge is 0.297 e. The van der Waals surface area contributed by atoms with Crippen LogP contribution in [0.2, 0.25) is 0 Å². The summed E-state index contributed by atoms with van der Waals surface area (Å²) in [7, 11) is 1.63. The lowest BCUT2D eigenvalue weighted by atomic mass is 10.0. The maximum Gasteiger partial charge on any atom is 0.297 e. The predicted octanol–water partition coefficient (Wildman–Crippen LogP) is 3.24. The zero-order valence-corrected chi connectivity index (χ0v) is 16.6. The number of halogens is 2. The van der Waals surface area contributed by atoms with Crippen LogP contribution < -0.4 is 10.1 Å². The maximum atomic E-state index is 13.1. The van der Waals surface area contributed by atoms with Crippen LogP contribution in [0.25, 0.3) is 5.65 Å². The van der Waals surface area contributed by atoms with E-state index in [0.29, 0.717) is 6.54 Å². The number of hydrogen-bond donors (Lipinski definition) is 1. The summed E-state index contributed by atoms with van der Waals surface area (Å²) in [6, 6.07) is 10.9. The molecule has 158 valence electrons. The fraction of sp³-hybridized carbons (Fsp3) is 0.381. The second-order valence-corrected chi connectivity index (χ2v) is 7.25. The van der Waals surface area contributed by atoms with Crippen molar-refractivity contribution in [2.45, 2.75) is 25.3 Å². The molecule has 7 nitrogen and oxygen atoms in total. The number of amides is 1. The van der Waals surface area contributed by atoms with E-state index in [1.54, 1.807) is 13.2 Å². The number of hydrogen-bond acceptors (Lipinski definition) is 5. The minimum absolute atomic E-state index is 0.00168. The van der Waals surface area contributed by atoms with Gasteiger partial charge in [-0.1, -0.05) is 12.1 Å². The van der Waals surface area contributed by atoms with Crippen LogP contribution in [0.15, 0.2) is 42.6 Å². The lowest BCUT2D eigenvalue weighted by Crippen LogP contribution is -2.36. The van der Waals surface area contributed by atoms with Gasteiger partial charge in [0.25, 0.3) is 12.3 Å². The maximum absolute atomic E-state index is 13.1. The Bertz CT molecular complexity index is 1030. The molecule has 0 aliphatic carbocycles. The topological polar surface area (TPSA) is 71.8 Å². The van der Waals surface area contributed by atoms with Gasteiger partial charge >= 0.3 is 0 Å². The van der Waals surface area contributed by atoms with E-state index in [4.69, 9.17) is 4.74 Å². The summed E-state index contributed by atoms with van der Waals surface area (Å²) in [6.45, 7) is 2.32. The molecule has 1 atom stereocenters. The second kappa shape index (κ2) is 8.74. The van der Waals surface area contributed by atoms with E-state index in [0.717, 1.165) is 41.6 Å². The first-order chi connectivity index (χ1) is 14.6. The van der Waals surface area contributed by atoms with E-state index in [1.165, 1.54) is 12.3 Å². The fourth-order valence-corrected chi connectivity index (χ4v) is 3.84. The third kappa shape index (κ3) is 4.11. The summed E-state index contributed by atoms with van der Waals surface area (Å²) in [5, 5.41) is 10.2. The predicted molar refractivity (Wildman–Crippen MR) is 107 cm³/mol. The van der Waals surface area contributed by atoms with Gasteiger partial charge in [0.2, 0.25) is 5.82 Å². The Labute approximate surface area is 172 Å². The van der Waals surface area contributed by atoms with Crippen molar-refractivity contribution >= 4 is 11.6 Å². The van der Waals surface area contributed by atoms with Crippen LogP contribution in [0.3, 0.4) is 0 Å². The molecular formula is C21H23F2N5O2. The van der Waals surface area contributed by atoms with Gasteiger partial charge in [0, 0.05) is 12.7 Å². The molecule has 1 aromatic carbocycles. The largest absolute Gasteiger partial charge is 0.497 e. The molecule has 0 spiro atoms. The van der Waals surface area contributed by atoms with Crippen molar-refractivity contribution in [3.05, 3.63) is 59.5 Å². The molecule has 4 rings (SSSR count). The second-order valence-electron chi connectivity index (χ2n) is 7.25. The monoisotopic (exact) mass is 415 g/mol. The highest BCUT2D eigenvalue weighted by atomic mass is 19.3. The van der Waals surface area contributed by atoms with Crippen molar-refractivity contribution in [2.24, 2.45) is 0 Å². The number of benzene rings is 1. The number of carbonyl (C=O) groups is 1. The van der Waals surface area contributed by atoms with Crippen LogP contribution >= 0.6 is 0 Å². The van der Waals surface area contributed by atoms with Crippen LogP contribution in [0, 0.1) is 0 Å². The van der Waals surface area contributed by atoms with Gasteiger partial charge in [0.1, 0.15) is 5.75 Å². The van der Waals surface area contributed by atoms with Crippen molar-refractivity contribution in [3.8, 4) is 5.75 Å². The van der Waals surface area contributed by atoms with Gasteiger partial charge in [-0.2, -0.15) is 0 Å². The zero-order chi connectivity index (χ0) is 21.1. The number of nitrogens with one attached hydrogen (secondary N) is 1. The van der Waals surface area contributed by atoms with Crippen molar-refractivity contribution in [2.75, 3.05) is 26.7 Å². The van der Waals surface area contributed by atoms with Crippen molar-refractivity contribution in [1.82, 2.24) is 24.8 Å². The van der Waals surface area contributed by atoms with Crippen LogP contribution in [0.1, 0.15) is 47.1 Å². The zero-order valence-electron chi connectivity index (χ0n) is 16.6. The van der Waals surface area contributed by atoms with Gasteiger partial charge in [-0.05, 0) is 55.8 Å². The Hall–Kier alpha value is -3.07. The highest BCUT2D eigenvalue weighted by Crippen LogP contribution is 2.27. The first-order valence-electron chi connectivity index (χ1n) is 9.86. The Kier molecular flexibility index (Phi) is 5.89. The quantitative estimate of drug-likeness (QED) is 0.642. The van der Waals surface area contributed by atoms with Crippen LogP contribution in [0.4, 0.5) is 8.78 Å². The third-order valence-electron chi connectivity index (χ3n) is 5.40. The molecule has 1 aliphatic rings. The number of fused-ring (bicyclic) bond motifs is 1. The summed E-state index contributed by atoms with van der Waals surface area (Å²) < 4.78 is 32.7. The number of rotatable bonds is 7. The number of methoxy groups -OCH3 is 1. The first-order valence-corrected chi connectivity index (χ1v) is 9.86. The van der Waals surface area contributed by atoms with E-state index >= 15 is 0 Å². The summed E-state index contributed by atoms with van der Waals surface area (Å²) in [4.78, 5) is 15.1. The highest BCUT2D eigenvalue weighted by Gasteiger charge is 2.25. The fourth-order valence-electron chi connectivity index (χ4n) is 3.84. The molecule has 9 heteroatoms. The number of carbonyl (C=O) groups excluding carboxylic acids is 1. The standard InChI is InChI=1S/C21H23F2N5O2/c1-30-16-6-4-5-14(11-16)17(27-9-2-3-10-27)12-24-21(29)15-7-8-18-25-26-20(19(22)23)28(18)13-15/h4-8,11,13,17,19H,2-3,9-10,12H2,1H3,(H,24,29)/t17-/m0/s1. The summed E-state index contributed by atoms with van der Waals surface area (Å²) in [5.41, 5.74) is 1.61. The van der Waals surface area contributed by atoms with Gasteiger partial charge in [-0.15, -0.1) is 10.2 Å². The molecule has 3 heterocycles. The normalized spacial score (nSPS) is 15.6. The van der Waals surface area contributed by atoms with Crippen molar-refractivity contribution in [3.63, 3.8) is 0 Å². The van der Waals surface area contributed by atoms with E-state index in [1.807, 2.05) is 24.3 Å². The average molecular weight is 415 g/mol. The van der Waals surface area contributed by atoms with E-state index in [-0.39, 0.29) is 23.2 Å². The third-order valence-corrected chi connectivity index (χ3v) is 5.40. The molecule has 0 saturated carbocycles. The minimum atomic E-state index is -2.77. The summed E-state index contributed by atoms with van der Waals surface area (Å²) in [6.07, 6.45) is 0.818. The molecule has 0 radical (unpaired) electrons. The van der Waals surface area contributed by atoms with Crippen LogP contribution in [-0.2, 0) is 0 Å². The Balaban J connectivity index is 1.53. The van der Waals surface area contributed by atoms with Gasteiger partial charge < -0.3 is 10.1 Å². The Morgan fingerprint density at radius 2 is 2.00 bits per heavy atom. The molecule has 0 bridgehead atoms. The molecule has 1 saturated heterocycles. The minimum Gasteiger partial charge on any atom is -0.497 e. The SMILES string of the molecule is COc1cccc([C@H](CNC(=O)c2ccc3nnc(C(F)F)n3c2)N2CCCC2)c1. The van der Waals surface area contributed by atoms with Gasteiger partial charge in [0.05, 0.1) is 18.7 Å². The molecule has 3 aromatic rings. The first kappa shape index (κ1) is 20.2. The molecule has 1 N–H and O–H groups in total. The molecule has 1 amide bonds. The summed E-state index contributed by atoms with van der Waals surface area (Å²) >= 11 is 0. The van der Waals surface area contributed by atoms with E-state index in [2.05, 4.69) is 20.4 Å². The number of alkyl halides is 2. The number of aromatic nitrogens is 3. The van der Waals surface area contributed by atoms with Gasteiger partial charge in [0.15, 0.2) is 5.65 Å². The highest BCUT2D eigenvalue weighted by molar-refractivity contribution is 5.94. The van der Waals surface area contributed by atoms with Gasteiger partial charge in [-0.25, -0.2) is 8.78 Å². The average Bonchev–Trinajstić information content (AvgIpc) is 3.43. The molecule has 1 aliphatic heterocycles.